The first kappa shape index (κ1) is 28.5. The second kappa shape index (κ2) is 11.6. The molecule has 0 bridgehead atoms. The predicted octanol–water partition coefficient (Wildman–Crippen LogP) is 14.1. The molecule has 0 heteroatoms. The molecule has 0 heterocycles. The van der Waals surface area contributed by atoms with Crippen LogP contribution in [0.5, 0.6) is 0 Å². The third-order valence-corrected chi connectivity index (χ3v) is 10.4. The van der Waals surface area contributed by atoms with Crippen LogP contribution in [0.15, 0.2) is 194 Å². The molecule has 50 heavy (non-hydrogen) atoms. The van der Waals surface area contributed by atoms with Gasteiger partial charge in [-0.1, -0.05) is 164 Å². The summed E-state index contributed by atoms with van der Waals surface area (Å²) in [7, 11) is 0. The van der Waals surface area contributed by atoms with E-state index < -0.39 is 0 Å². The number of hydrogen-bond donors (Lipinski definition) is 0. The van der Waals surface area contributed by atoms with Crippen LogP contribution in [0.25, 0.3) is 98.4 Å². The highest BCUT2D eigenvalue weighted by molar-refractivity contribution is 6.26. The van der Waals surface area contributed by atoms with Gasteiger partial charge in [0.2, 0.25) is 0 Å². The molecule has 10 rings (SSSR count). The molecule has 0 saturated heterocycles. The Hall–Kier alpha value is -6.50. The van der Waals surface area contributed by atoms with Gasteiger partial charge in [-0.3, -0.25) is 0 Å². The lowest BCUT2D eigenvalue weighted by Gasteiger charge is -2.14. The largest absolute Gasteiger partial charge is 0.0622 e. The molecule has 232 valence electrons. The highest BCUT2D eigenvalue weighted by Gasteiger charge is 2.13. The minimum atomic E-state index is 1.22. The van der Waals surface area contributed by atoms with Gasteiger partial charge in [0.25, 0.3) is 0 Å². The van der Waals surface area contributed by atoms with Crippen molar-refractivity contribution in [2.75, 3.05) is 0 Å². The lowest BCUT2D eigenvalue weighted by Crippen LogP contribution is -1.87. The van der Waals surface area contributed by atoms with Crippen LogP contribution in [-0.4, -0.2) is 0 Å². The summed E-state index contributed by atoms with van der Waals surface area (Å²) in [6.07, 6.45) is 0. The van der Waals surface area contributed by atoms with Crippen molar-refractivity contribution < 1.29 is 0 Å². The summed E-state index contributed by atoms with van der Waals surface area (Å²) >= 11 is 0. The van der Waals surface area contributed by atoms with Gasteiger partial charge >= 0.3 is 0 Å². The van der Waals surface area contributed by atoms with Crippen LogP contribution < -0.4 is 0 Å². The second-order valence-electron chi connectivity index (χ2n) is 13.3. The fourth-order valence-electron chi connectivity index (χ4n) is 7.90. The topological polar surface area (TPSA) is 0 Å². The maximum Gasteiger partial charge on any atom is -0.00928 e. The molecule has 0 nitrogen and oxygen atoms in total. The highest BCUT2D eigenvalue weighted by Crippen LogP contribution is 2.40. The average Bonchev–Trinajstić information content (AvgIpc) is 3.20. The minimum absolute atomic E-state index is 1.22. The molecule has 0 aliphatic carbocycles. The van der Waals surface area contributed by atoms with Gasteiger partial charge in [0, 0.05) is 0 Å². The third kappa shape index (κ3) is 4.77. The molecular formula is C50H32. The van der Waals surface area contributed by atoms with Gasteiger partial charge in [-0.15, -0.1) is 0 Å². The molecule has 10 aromatic rings. The van der Waals surface area contributed by atoms with Crippen LogP contribution in [0.1, 0.15) is 0 Å². The van der Waals surface area contributed by atoms with E-state index in [2.05, 4.69) is 194 Å². The van der Waals surface area contributed by atoms with Crippen LogP contribution in [0.4, 0.5) is 0 Å². The van der Waals surface area contributed by atoms with Crippen molar-refractivity contribution in [3.63, 3.8) is 0 Å². The number of benzene rings is 10. The Kier molecular flexibility index (Phi) is 6.60. The Morgan fingerprint density at radius 3 is 1.36 bits per heavy atom. The summed E-state index contributed by atoms with van der Waals surface area (Å²) in [4.78, 5) is 0. The highest BCUT2D eigenvalue weighted by atomic mass is 14.2. The van der Waals surface area contributed by atoms with Crippen molar-refractivity contribution in [1.29, 1.82) is 0 Å². The molecular weight excluding hydrogens is 601 g/mol. The molecule has 0 atom stereocenters. The molecule has 10 aromatic carbocycles. The van der Waals surface area contributed by atoms with Crippen molar-refractivity contribution in [1.82, 2.24) is 0 Å². The zero-order valence-electron chi connectivity index (χ0n) is 27.5. The van der Waals surface area contributed by atoms with Gasteiger partial charge in [0.05, 0.1) is 0 Å². The summed E-state index contributed by atoms with van der Waals surface area (Å²) in [6, 6.07) is 71.3. The fourth-order valence-corrected chi connectivity index (χ4v) is 7.90. The summed E-state index contributed by atoms with van der Waals surface area (Å²) in [5, 5.41) is 12.8. The molecule has 0 spiro atoms. The van der Waals surface area contributed by atoms with Gasteiger partial charge < -0.3 is 0 Å². The van der Waals surface area contributed by atoms with Gasteiger partial charge in [-0.25, -0.2) is 0 Å². The minimum Gasteiger partial charge on any atom is -0.0622 e. The smallest absolute Gasteiger partial charge is 0.00928 e. The van der Waals surface area contributed by atoms with Gasteiger partial charge in [0.1, 0.15) is 0 Å². The Labute approximate surface area is 291 Å². The number of fused-ring (bicyclic) bond motifs is 8. The molecule has 0 radical (unpaired) electrons. The molecule has 0 fully saturated rings. The lowest BCUT2D eigenvalue weighted by molar-refractivity contribution is 1.61. The Morgan fingerprint density at radius 1 is 0.180 bits per heavy atom. The summed E-state index contributed by atoms with van der Waals surface area (Å²) < 4.78 is 0. The van der Waals surface area contributed by atoms with E-state index in [9.17, 15) is 0 Å². The van der Waals surface area contributed by atoms with E-state index in [-0.39, 0.29) is 0 Å². The van der Waals surface area contributed by atoms with Crippen molar-refractivity contribution in [2.45, 2.75) is 0 Å². The van der Waals surface area contributed by atoms with Crippen LogP contribution in [0, 0.1) is 0 Å². The van der Waals surface area contributed by atoms with E-state index in [4.69, 9.17) is 0 Å². The molecule has 0 amide bonds. The van der Waals surface area contributed by atoms with E-state index in [1.54, 1.807) is 0 Å². The maximum atomic E-state index is 2.39. The summed E-state index contributed by atoms with van der Waals surface area (Å²) in [6.45, 7) is 0. The van der Waals surface area contributed by atoms with Crippen molar-refractivity contribution in [3.8, 4) is 44.5 Å². The predicted molar refractivity (Wildman–Crippen MR) is 216 cm³/mol. The second-order valence-corrected chi connectivity index (χ2v) is 13.3. The average molecular weight is 633 g/mol. The fraction of sp³-hybridized carbons (Fsp3) is 0. The number of hydrogen-bond acceptors (Lipinski definition) is 0. The molecule has 0 aliphatic rings. The first-order valence-electron chi connectivity index (χ1n) is 17.3. The molecule has 0 aliphatic heterocycles. The summed E-state index contributed by atoms with van der Waals surface area (Å²) in [5.41, 5.74) is 9.89. The SMILES string of the molecule is c1ccc(-c2ccc3ccc(-c4cccc(-c5ccc6c7ccc(-c8cccc9ccccc89)cc7c7ccccc7c6c5)c4)cc3c2)cc1. The molecule has 0 saturated carbocycles. The van der Waals surface area contributed by atoms with E-state index >= 15 is 0 Å². The third-order valence-electron chi connectivity index (χ3n) is 10.4. The molecule has 0 aromatic heterocycles. The molecule has 0 N–H and O–H groups in total. The Bertz CT molecular complexity index is 2890. The first-order valence-corrected chi connectivity index (χ1v) is 17.3. The van der Waals surface area contributed by atoms with Crippen molar-refractivity contribution >= 4 is 53.9 Å². The maximum absolute atomic E-state index is 2.39. The lowest BCUT2D eigenvalue weighted by atomic mass is 9.89. The van der Waals surface area contributed by atoms with Crippen LogP contribution >= 0.6 is 0 Å². The zero-order valence-corrected chi connectivity index (χ0v) is 27.5. The quantitative estimate of drug-likeness (QED) is 0.169. The van der Waals surface area contributed by atoms with Gasteiger partial charge in [0.15, 0.2) is 0 Å². The van der Waals surface area contributed by atoms with E-state index in [0.29, 0.717) is 0 Å². The molecule has 0 unspecified atom stereocenters. The van der Waals surface area contributed by atoms with Gasteiger partial charge in [-0.2, -0.15) is 0 Å². The standard InChI is InChI=1S/C50H32/c1-2-10-33(11-3-1)38-22-20-34-21-23-39(30-42(34)29-38)36-14-8-15-37(28-36)40-24-26-47-48-27-25-41(44-19-9-13-35-12-4-5-16-43(35)44)32-50(48)46-18-7-6-17-45(46)49(47)31-40/h1-32H. The van der Waals surface area contributed by atoms with Crippen LogP contribution in [0.3, 0.4) is 0 Å². The van der Waals surface area contributed by atoms with Crippen LogP contribution in [-0.2, 0) is 0 Å². The Morgan fingerprint density at radius 2 is 0.640 bits per heavy atom. The number of rotatable bonds is 4. The van der Waals surface area contributed by atoms with E-state index in [1.807, 2.05) is 0 Å². The van der Waals surface area contributed by atoms with Crippen LogP contribution in [0.2, 0.25) is 0 Å². The Balaban J connectivity index is 1.08. The first-order chi connectivity index (χ1) is 24.8. The normalized spacial score (nSPS) is 11.6. The zero-order chi connectivity index (χ0) is 33.0. The van der Waals surface area contributed by atoms with Crippen molar-refractivity contribution in [2.24, 2.45) is 0 Å². The summed E-state index contributed by atoms with van der Waals surface area (Å²) in [5.74, 6) is 0. The van der Waals surface area contributed by atoms with E-state index in [1.165, 1.54) is 98.4 Å². The monoisotopic (exact) mass is 632 g/mol. The van der Waals surface area contributed by atoms with Crippen molar-refractivity contribution in [3.05, 3.63) is 194 Å². The van der Waals surface area contributed by atoms with Gasteiger partial charge in [-0.05, 0) is 129 Å². The van der Waals surface area contributed by atoms with E-state index in [0.717, 1.165) is 0 Å².